The molecule has 184 valence electrons. The van der Waals surface area contributed by atoms with Crippen LogP contribution in [0.3, 0.4) is 0 Å². The van der Waals surface area contributed by atoms with Gasteiger partial charge in [0.25, 0.3) is 5.91 Å². The van der Waals surface area contributed by atoms with Crippen LogP contribution in [0, 0.1) is 31.6 Å². The van der Waals surface area contributed by atoms with Gasteiger partial charge < -0.3 is 10.6 Å². The van der Waals surface area contributed by atoms with Crippen LogP contribution in [0.1, 0.15) is 54.5 Å². The van der Waals surface area contributed by atoms with Crippen LogP contribution in [0.25, 0.3) is 11.1 Å². The first-order valence-electron chi connectivity index (χ1n) is 12.2. The molecule has 2 aliphatic rings. The van der Waals surface area contributed by atoms with Gasteiger partial charge in [-0.1, -0.05) is 11.6 Å². The predicted molar refractivity (Wildman–Crippen MR) is 133 cm³/mol. The number of aromatic amines is 1. The number of amides is 2. The maximum absolute atomic E-state index is 13.6. The van der Waals surface area contributed by atoms with Gasteiger partial charge >= 0.3 is 0 Å². The molecular weight excluding hydrogens is 466 g/mol. The number of nitrogens with zero attached hydrogens (tertiary/aromatic N) is 4. The molecule has 0 spiro atoms. The SMILES string of the molecule is CCn1nccc1C(=O)N[C@H](C(=O)Nc1ccc(-c2c(C)n[nH]c2C)c(Cl)n1)C(C1CC1)C1CC1. The lowest BCUT2D eigenvalue weighted by atomic mass is 9.88. The summed E-state index contributed by atoms with van der Waals surface area (Å²) >= 11 is 6.51. The summed E-state index contributed by atoms with van der Waals surface area (Å²) in [4.78, 5) is 31.1. The first kappa shape index (κ1) is 23.5. The lowest BCUT2D eigenvalue weighted by molar-refractivity contribution is -0.119. The Labute approximate surface area is 209 Å². The fourth-order valence-corrected chi connectivity index (χ4v) is 5.31. The summed E-state index contributed by atoms with van der Waals surface area (Å²) in [5.74, 6) is 0.828. The van der Waals surface area contributed by atoms with Crippen LogP contribution >= 0.6 is 11.6 Å². The highest BCUT2D eigenvalue weighted by Gasteiger charge is 2.48. The standard InChI is InChI=1S/C25H30ClN7O2/c1-4-33-18(11-12-27-33)24(34)30-22(21(15-5-6-15)16-7-8-16)25(35)29-19-10-9-17(23(26)28-19)20-13(2)31-32-14(20)3/h9-12,15-16,21-22H,4-8H2,1-3H3,(H,30,34)(H,31,32)(H,28,29,35)/t22-/m0/s1. The third-order valence-corrected chi connectivity index (χ3v) is 7.32. The van der Waals surface area contributed by atoms with Crippen molar-refractivity contribution in [2.75, 3.05) is 5.32 Å². The maximum Gasteiger partial charge on any atom is 0.270 e. The van der Waals surface area contributed by atoms with Gasteiger partial charge in [-0.3, -0.25) is 19.4 Å². The van der Waals surface area contributed by atoms with Crippen LogP contribution in [0.5, 0.6) is 0 Å². The van der Waals surface area contributed by atoms with Crippen molar-refractivity contribution < 1.29 is 9.59 Å². The fraction of sp³-hybridized carbons (Fsp3) is 0.480. The highest BCUT2D eigenvalue weighted by Crippen LogP contribution is 2.51. The van der Waals surface area contributed by atoms with Crippen molar-refractivity contribution in [2.45, 2.75) is 59.0 Å². The molecule has 2 fully saturated rings. The van der Waals surface area contributed by atoms with Crippen molar-refractivity contribution >= 4 is 29.2 Å². The number of hydrogen-bond donors (Lipinski definition) is 3. The van der Waals surface area contributed by atoms with Crippen molar-refractivity contribution in [3.05, 3.63) is 46.6 Å². The van der Waals surface area contributed by atoms with E-state index in [2.05, 4.69) is 30.9 Å². The lowest BCUT2D eigenvalue weighted by Crippen LogP contribution is -2.50. The molecule has 2 aliphatic carbocycles. The van der Waals surface area contributed by atoms with Crippen LogP contribution in [0.15, 0.2) is 24.4 Å². The fourth-order valence-electron chi connectivity index (χ4n) is 5.06. The quantitative estimate of drug-likeness (QED) is 0.386. The van der Waals surface area contributed by atoms with Gasteiger partial charge in [-0.15, -0.1) is 0 Å². The third-order valence-electron chi connectivity index (χ3n) is 7.03. The van der Waals surface area contributed by atoms with E-state index in [0.29, 0.717) is 29.9 Å². The molecule has 0 unspecified atom stereocenters. The molecule has 3 N–H and O–H groups in total. The minimum atomic E-state index is -0.652. The monoisotopic (exact) mass is 495 g/mol. The highest BCUT2D eigenvalue weighted by molar-refractivity contribution is 6.32. The van der Waals surface area contributed by atoms with Gasteiger partial charge in [-0.25, -0.2) is 4.98 Å². The number of halogens is 1. The number of rotatable bonds is 9. The van der Waals surface area contributed by atoms with Gasteiger partial charge in [-0.05, 0) is 82.4 Å². The second kappa shape index (κ2) is 9.45. The van der Waals surface area contributed by atoms with E-state index in [1.165, 1.54) is 0 Å². The van der Waals surface area contributed by atoms with E-state index < -0.39 is 6.04 Å². The van der Waals surface area contributed by atoms with Crippen LogP contribution < -0.4 is 10.6 Å². The summed E-state index contributed by atoms with van der Waals surface area (Å²) < 4.78 is 1.63. The largest absolute Gasteiger partial charge is 0.339 e. The van der Waals surface area contributed by atoms with Crippen molar-refractivity contribution in [1.29, 1.82) is 0 Å². The number of aryl methyl sites for hydroxylation is 3. The molecule has 10 heteroatoms. The Morgan fingerprint density at radius 3 is 2.46 bits per heavy atom. The number of pyridine rings is 1. The van der Waals surface area contributed by atoms with Gasteiger partial charge in [-0.2, -0.15) is 10.2 Å². The minimum absolute atomic E-state index is 0.114. The molecule has 2 saturated carbocycles. The zero-order valence-corrected chi connectivity index (χ0v) is 20.9. The van der Waals surface area contributed by atoms with E-state index in [0.717, 1.165) is 48.2 Å². The Morgan fingerprint density at radius 1 is 1.17 bits per heavy atom. The Balaban J connectivity index is 1.38. The number of aromatic nitrogens is 5. The summed E-state index contributed by atoms with van der Waals surface area (Å²) in [7, 11) is 0. The van der Waals surface area contributed by atoms with Crippen LogP contribution in [-0.4, -0.2) is 42.8 Å². The Bertz CT molecular complexity index is 1230. The minimum Gasteiger partial charge on any atom is -0.339 e. The van der Waals surface area contributed by atoms with Crippen LogP contribution in [0.4, 0.5) is 5.82 Å². The van der Waals surface area contributed by atoms with Gasteiger partial charge in [0.1, 0.15) is 22.7 Å². The third kappa shape index (κ3) is 4.82. The molecule has 0 aliphatic heterocycles. The van der Waals surface area contributed by atoms with Gasteiger partial charge in [0, 0.05) is 29.6 Å². The molecule has 5 rings (SSSR count). The van der Waals surface area contributed by atoms with Crippen molar-refractivity contribution in [3.63, 3.8) is 0 Å². The molecule has 0 radical (unpaired) electrons. The first-order valence-corrected chi connectivity index (χ1v) is 12.6. The number of H-pyrrole nitrogens is 1. The summed E-state index contributed by atoms with van der Waals surface area (Å²) in [6, 6.07) is 4.60. The number of hydrogen-bond acceptors (Lipinski definition) is 5. The summed E-state index contributed by atoms with van der Waals surface area (Å²) in [5.41, 5.74) is 3.83. The average molecular weight is 496 g/mol. The van der Waals surface area contributed by atoms with Gasteiger partial charge in [0.2, 0.25) is 5.91 Å². The van der Waals surface area contributed by atoms with E-state index in [1.807, 2.05) is 26.8 Å². The first-order chi connectivity index (χ1) is 16.9. The van der Waals surface area contributed by atoms with Crippen molar-refractivity contribution in [1.82, 2.24) is 30.3 Å². The number of nitrogens with one attached hydrogen (secondary N) is 3. The van der Waals surface area contributed by atoms with Crippen molar-refractivity contribution in [2.24, 2.45) is 17.8 Å². The Kier molecular flexibility index (Phi) is 6.35. The molecule has 3 aromatic heterocycles. The van der Waals surface area contributed by atoms with Crippen LogP contribution in [-0.2, 0) is 11.3 Å². The van der Waals surface area contributed by atoms with Crippen LogP contribution in [0.2, 0.25) is 5.15 Å². The van der Waals surface area contributed by atoms with E-state index in [1.54, 1.807) is 23.0 Å². The van der Waals surface area contributed by atoms with Gasteiger partial charge in [0.05, 0.1) is 5.69 Å². The second-order valence-electron chi connectivity index (χ2n) is 9.57. The molecule has 3 aromatic rings. The summed E-state index contributed by atoms with van der Waals surface area (Å²) in [6.45, 7) is 6.33. The summed E-state index contributed by atoms with van der Waals surface area (Å²) in [5, 5.41) is 17.6. The van der Waals surface area contributed by atoms with E-state index in [4.69, 9.17) is 11.6 Å². The lowest BCUT2D eigenvalue weighted by Gasteiger charge is -2.27. The Morgan fingerprint density at radius 2 is 1.89 bits per heavy atom. The average Bonchev–Trinajstić information content (AvgIpc) is 3.76. The Hall–Kier alpha value is -3.20. The summed E-state index contributed by atoms with van der Waals surface area (Å²) in [6.07, 6.45) is 5.97. The molecule has 0 saturated heterocycles. The number of anilines is 1. The molecule has 1 atom stereocenters. The van der Waals surface area contributed by atoms with Crippen molar-refractivity contribution in [3.8, 4) is 11.1 Å². The number of carbonyl (C=O) groups excluding carboxylic acids is 2. The molecule has 0 aromatic carbocycles. The molecule has 0 bridgehead atoms. The van der Waals surface area contributed by atoms with Gasteiger partial charge in [0.15, 0.2) is 0 Å². The predicted octanol–water partition coefficient (Wildman–Crippen LogP) is 4.13. The molecule has 3 heterocycles. The molecule has 9 nitrogen and oxygen atoms in total. The molecule has 2 amide bonds. The van der Waals surface area contributed by atoms with E-state index in [-0.39, 0.29) is 22.9 Å². The number of carbonyl (C=O) groups is 2. The highest BCUT2D eigenvalue weighted by atomic mass is 35.5. The molecular formula is C25H30ClN7O2. The van der Waals surface area contributed by atoms with E-state index >= 15 is 0 Å². The zero-order chi connectivity index (χ0) is 24.7. The maximum atomic E-state index is 13.6. The smallest absolute Gasteiger partial charge is 0.270 e. The second-order valence-corrected chi connectivity index (χ2v) is 9.93. The molecule has 35 heavy (non-hydrogen) atoms. The van der Waals surface area contributed by atoms with E-state index in [9.17, 15) is 9.59 Å². The topological polar surface area (TPSA) is 118 Å². The zero-order valence-electron chi connectivity index (χ0n) is 20.1. The normalized spacial score (nSPS) is 16.4.